The Bertz CT molecular complexity index is 461. The molecule has 0 aliphatic heterocycles. The van der Waals surface area contributed by atoms with E-state index in [-0.39, 0.29) is 22.5 Å². The Labute approximate surface area is 92.5 Å². The number of rotatable bonds is 3. The highest BCUT2D eigenvalue weighted by atomic mass is 19.3. The third kappa shape index (κ3) is 2.25. The number of halogens is 2. The van der Waals surface area contributed by atoms with Gasteiger partial charge in [-0.05, 0) is 31.0 Å². The second-order valence-corrected chi connectivity index (χ2v) is 3.42. The van der Waals surface area contributed by atoms with E-state index in [1.54, 1.807) is 6.07 Å². The zero-order valence-electron chi connectivity index (χ0n) is 9.05. The van der Waals surface area contributed by atoms with Crippen LogP contribution in [0.1, 0.15) is 47.3 Å². The van der Waals surface area contributed by atoms with Crippen molar-refractivity contribution in [3.63, 3.8) is 0 Å². The Balaban J connectivity index is 3.48. The number of nitriles is 1. The van der Waals surface area contributed by atoms with Crippen LogP contribution in [0.3, 0.4) is 0 Å². The molecule has 0 saturated carbocycles. The van der Waals surface area contributed by atoms with Crippen LogP contribution in [0.4, 0.5) is 8.78 Å². The van der Waals surface area contributed by atoms with Crippen molar-refractivity contribution in [1.29, 1.82) is 5.26 Å². The molecule has 0 fully saturated rings. The molecule has 0 radical (unpaired) electrons. The first kappa shape index (κ1) is 12.3. The maximum atomic E-state index is 12.6. The lowest BCUT2D eigenvalue weighted by atomic mass is 9.95. The van der Waals surface area contributed by atoms with E-state index in [1.807, 2.05) is 6.92 Å². The number of ketones is 1. The van der Waals surface area contributed by atoms with E-state index in [4.69, 9.17) is 5.26 Å². The average molecular weight is 223 g/mol. The molecule has 84 valence electrons. The summed E-state index contributed by atoms with van der Waals surface area (Å²) in [5.74, 6) is -0.261. The van der Waals surface area contributed by atoms with Gasteiger partial charge in [-0.15, -0.1) is 0 Å². The van der Waals surface area contributed by atoms with Gasteiger partial charge in [0, 0.05) is 11.1 Å². The fraction of sp³-hybridized carbons (Fsp3) is 0.333. The Morgan fingerprint density at radius 1 is 1.50 bits per heavy atom. The molecule has 0 amide bonds. The third-order valence-corrected chi connectivity index (χ3v) is 2.39. The Hall–Kier alpha value is -1.76. The summed E-state index contributed by atoms with van der Waals surface area (Å²) < 4.78 is 25.3. The first-order valence-electron chi connectivity index (χ1n) is 4.87. The zero-order valence-corrected chi connectivity index (χ0v) is 9.05. The van der Waals surface area contributed by atoms with Crippen LogP contribution in [0.5, 0.6) is 0 Å². The van der Waals surface area contributed by atoms with Crippen molar-refractivity contribution in [2.24, 2.45) is 0 Å². The summed E-state index contributed by atoms with van der Waals surface area (Å²) in [6.45, 7) is 3.14. The molecule has 0 bridgehead atoms. The average Bonchev–Trinajstić information content (AvgIpc) is 2.26. The van der Waals surface area contributed by atoms with E-state index in [0.29, 0.717) is 12.0 Å². The molecular formula is C12H11F2NO. The van der Waals surface area contributed by atoms with Crippen molar-refractivity contribution in [2.45, 2.75) is 26.7 Å². The summed E-state index contributed by atoms with van der Waals surface area (Å²) in [5.41, 5.74) is 0.479. The molecule has 1 aromatic rings. The van der Waals surface area contributed by atoms with Gasteiger partial charge < -0.3 is 0 Å². The van der Waals surface area contributed by atoms with Gasteiger partial charge in [0.1, 0.15) is 0 Å². The number of benzene rings is 1. The number of hydrogen-bond acceptors (Lipinski definition) is 2. The van der Waals surface area contributed by atoms with Crippen molar-refractivity contribution in [3.05, 3.63) is 34.4 Å². The fourth-order valence-electron chi connectivity index (χ4n) is 1.56. The van der Waals surface area contributed by atoms with Crippen LogP contribution in [0.25, 0.3) is 0 Å². The molecule has 4 heteroatoms. The van der Waals surface area contributed by atoms with Gasteiger partial charge in [-0.3, -0.25) is 4.79 Å². The highest BCUT2D eigenvalue weighted by molar-refractivity contribution is 5.96. The lowest BCUT2D eigenvalue weighted by Crippen LogP contribution is -2.03. The molecule has 0 atom stereocenters. The van der Waals surface area contributed by atoms with Crippen LogP contribution in [0, 0.1) is 11.3 Å². The molecular weight excluding hydrogens is 212 g/mol. The van der Waals surface area contributed by atoms with Crippen LogP contribution >= 0.6 is 0 Å². The molecule has 0 aromatic heterocycles. The summed E-state index contributed by atoms with van der Waals surface area (Å²) in [5, 5.41) is 8.75. The summed E-state index contributed by atoms with van der Waals surface area (Å²) in [6, 6.07) is 4.23. The highest BCUT2D eigenvalue weighted by Crippen LogP contribution is 2.26. The van der Waals surface area contributed by atoms with Crippen molar-refractivity contribution in [1.82, 2.24) is 0 Å². The third-order valence-electron chi connectivity index (χ3n) is 2.39. The molecule has 0 aliphatic carbocycles. The lowest BCUT2D eigenvalue weighted by molar-refractivity contribution is 0.101. The Kier molecular flexibility index (Phi) is 3.73. The van der Waals surface area contributed by atoms with Crippen LogP contribution in [-0.4, -0.2) is 5.78 Å². The van der Waals surface area contributed by atoms with Gasteiger partial charge in [-0.1, -0.05) is 6.92 Å². The van der Waals surface area contributed by atoms with Crippen molar-refractivity contribution < 1.29 is 13.6 Å². The molecule has 0 aliphatic rings. The van der Waals surface area contributed by atoms with Crippen LogP contribution < -0.4 is 0 Å². The number of carbonyl (C=O) groups is 1. The van der Waals surface area contributed by atoms with Gasteiger partial charge >= 0.3 is 0 Å². The van der Waals surface area contributed by atoms with Crippen molar-refractivity contribution >= 4 is 5.78 Å². The van der Waals surface area contributed by atoms with Gasteiger partial charge in [-0.25, -0.2) is 8.78 Å². The Morgan fingerprint density at radius 3 is 2.50 bits per heavy atom. The number of alkyl halides is 2. The smallest absolute Gasteiger partial charge is 0.265 e. The number of Topliss-reactive ketones (excluding diaryl/α,β-unsaturated/α-hetero) is 1. The minimum Gasteiger partial charge on any atom is -0.295 e. The van der Waals surface area contributed by atoms with Crippen molar-refractivity contribution in [2.75, 3.05) is 0 Å². The first-order valence-corrected chi connectivity index (χ1v) is 4.87. The van der Waals surface area contributed by atoms with E-state index in [0.717, 1.165) is 6.07 Å². The van der Waals surface area contributed by atoms with Gasteiger partial charge in [0.05, 0.1) is 11.6 Å². The molecule has 0 N–H and O–H groups in total. The maximum absolute atomic E-state index is 12.6. The minimum atomic E-state index is -2.74. The summed E-state index contributed by atoms with van der Waals surface area (Å²) >= 11 is 0. The summed E-state index contributed by atoms with van der Waals surface area (Å²) in [4.78, 5) is 11.3. The number of nitrogens with zero attached hydrogens (tertiary/aromatic N) is 1. The SMILES string of the molecule is CCc1cc(C#N)c(C(F)F)cc1C(C)=O. The van der Waals surface area contributed by atoms with E-state index in [2.05, 4.69) is 0 Å². The van der Waals surface area contributed by atoms with E-state index < -0.39 is 6.43 Å². The molecule has 1 rings (SSSR count). The molecule has 16 heavy (non-hydrogen) atoms. The quantitative estimate of drug-likeness (QED) is 0.738. The highest BCUT2D eigenvalue weighted by Gasteiger charge is 2.17. The van der Waals surface area contributed by atoms with Crippen LogP contribution in [-0.2, 0) is 6.42 Å². The van der Waals surface area contributed by atoms with Crippen molar-refractivity contribution in [3.8, 4) is 6.07 Å². The molecule has 0 spiro atoms. The molecule has 0 heterocycles. The van der Waals surface area contributed by atoms with Gasteiger partial charge in [0.25, 0.3) is 6.43 Å². The second-order valence-electron chi connectivity index (χ2n) is 3.42. The maximum Gasteiger partial charge on any atom is 0.265 e. The summed E-state index contributed by atoms with van der Waals surface area (Å²) in [6.07, 6.45) is -2.20. The molecule has 2 nitrogen and oxygen atoms in total. The second kappa shape index (κ2) is 4.84. The van der Waals surface area contributed by atoms with E-state index in [9.17, 15) is 13.6 Å². The molecule has 0 unspecified atom stereocenters. The minimum absolute atomic E-state index is 0.0585. The molecule has 1 aromatic carbocycles. The lowest BCUT2D eigenvalue weighted by Gasteiger charge is -2.09. The van der Waals surface area contributed by atoms with E-state index >= 15 is 0 Å². The largest absolute Gasteiger partial charge is 0.295 e. The number of hydrogen-bond donors (Lipinski definition) is 0. The monoisotopic (exact) mass is 223 g/mol. The predicted octanol–water partition coefficient (Wildman–Crippen LogP) is 3.26. The number of carbonyl (C=O) groups excluding carboxylic acids is 1. The van der Waals surface area contributed by atoms with Crippen LogP contribution in [0.2, 0.25) is 0 Å². The Morgan fingerprint density at radius 2 is 2.12 bits per heavy atom. The standard InChI is InChI=1S/C12H11F2NO/c1-3-8-4-9(6-15)11(12(13)14)5-10(8)7(2)16/h4-5,12H,3H2,1-2H3. The zero-order chi connectivity index (χ0) is 12.3. The van der Waals surface area contributed by atoms with Gasteiger partial charge in [0.15, 0.2) is 5.78 Å². The fourth-order valence-corrected chi connectivity index (χ4v) is 1.56. The van der Waals surface area contributed by atoms with Crippen LogP contribution in [0.15, 0.2) is 12.1 Å². The number of aryl methyl sites for hydroxylation is 1. The van der Waals surface area contributed by atoms with E-state index in [1.165, 1.54) is 13.0 Å². The topological polar surface area (TPSA) is 40.9 Å². The predicted molar refractivity (Wildman–Crippen MR) is 55.5 cm³/mol. The normalized spacial score (nSPS) is 10.2. The summed E-state index contributed by atoms with van der Waals surface area (Å²) in [7, 11) is 0. The first-order chi connectivity index (χ1) is 7.51. The van der Waals surface area contributed by atoms with Gasteiger partial charge in [0.2, 0.25) is 0 Å². The van der Waals surface area contributed by atoms with Gasteiger partial charge in [-0.2, -0.15) is 5.26 Å². The molecule has 0 saturated heterocycles.